The molecule has 3 rings (SSSR count). The molecular weight excluding hydrogens is 234 g/mol. The van der Waals surface area contributed by atoms with Gasteiger partial charge in [0.15, 0.2) is 0 Å². The number of benzene rings is 1. The fraction of sp³-hybridized carbons (Fsp3) is 0. The van der Waals surface area contributed by atoms with E-state index in [1.54, 1.807) is 6.20 Å². The van der Waals surface area contributed by atoms with E-state index in [0.29, 0.717) is 5.15 Å². The topological polar surface area (TPSA) is 38.7 Å². The van der Waals surface area contributed by atoms with Crippen molar-refractivity contribution in [2.24, 2.45) is 0 Å². The Bertz CT molecular complexity index is 682. The third-order valence-electron chi connectivity index (χ3n) is 2.54. The summed E-state index contributed by atoms with van der Waals surface area (Å²) in [5.74, 6) is 0. The van der Waals surface area contributed by atoms with Gasteiger partial charge in [0.2, 0.25) is 0 Å². The summed E-state index contributed by atoms with van der Waals surface area (Å²) in [5, 5.41) is 1.52. The molecule has 17 heavy (non-hydrogen) atoms. The lowest BCUT2D eigenvalue weighted by molar-refractivity contribution is 1.16. The third-order valence-corrected chi connectivity index (χ3v) is 2.84. The predicted octanol–water partition coefficient (Wildman–Crippen LogP) is 3.35. The molecule has 0 radical (unpaired) electrons. The van der Waals surface area contributed by atoms with Crippen LogP contribution < -0.4 is 0 Å². The Labute approximate surface area is 103 Å². The van der Waals surface area contributed by atoms with Crippen LogP contribution in [0.25, 0.3) is 22.2 Å². The summed E-state index contributed by atoms with van der Waals surface area (Å²) in [5.41, 5.74) is 2.47. The maximum atomic E-state index is 6.02. The van der Waals surface area contributed by atoms with Gasteiger partial charge in [-0.2, -0.15) is 0 Å². The Morgan fingerprint density at radius 1 is 1.00 bits per heavy atom. The van der Waals surface area contributed by atoms with Gasteiger partial charge in [-0.1, -0.05) is 35.9 Å². The summed E-state index contributed by atoms with van der Waals surface area (Å²) < 4.78 is 0. The second-order valence-electron chi connectivity index (χ2n) is 3.62. The van der Waals surface area contributed by atoms with Crippen LogP contribution in [0.3, 0.4) is 0 Å². The minimum atomic E-state index is 0.419. The van der Waals surface area contributed by atoms with E-state index in [2.05, 4.69) is 15.0 Å². The summed E-state index contributed by atoms with van der Waals surface area (Å²) in [6.07, 6.45) is 3.10. The van der Waals surface area contributed by atoms with Crippen LogP contribution in [0, 0.1) is 0 Å². The summed E-state index contributed by atoms with van der Waals surface area (Å²) in [4.78, 5) is 12.5. The van der Waals surface area contributed by atoms with E-state index >= 15 is 0 Å². The first-order chi connectivity index (χ1) is 8.34. The molecule has 0 N–H and O–H groups in total. The van der Waals surface area contributed by atoms with Gasteiger partial charge in [0.1, 0.15) is 11.5 Å². The van der Waals surface area contributed by atoms with Crippen LogP contribution in [-0.2, 0) is 0 Å². The number of rotatable bonds is 1. The Morgan fingerprint density at radius 2 is 1.88 bits per heavy atom. The molecular formula is C13H8ClN3. The van der Waals surface area contributed by atoms with Crippen molar-refractivity contribution < 1.29 is 0 Å². The van der Waals surface area contributed by atoms with Crippen LogP contribution >= 0.6 is 11.6 Å². The second-order valence-corrected chi connectivity index (χ2v) is 3.97. The first-order valence-corrected chi connectivity index (χ1v) is 5.54. The van der Waals surface area contributed by atoms with Gasteiger partial charge in [-0.25, -0.2) is 15.0 Å². The van der Waals surface area contributed by atoms with E-state index in [1.165, 1.54) is 6.33 Å². The lowest BCUT2D eigenvalue weighted by Gasteiger charge is -2.03. The maximum absolute atomic E-state index is 6.02. The van der Waals surface area contributed by atoms with Crippen LogP contribution in [0.2, 0.25) is 5.15 Å². The molecule has 0 aliphatic heterocycles. The molecule has 0 bridgehead atoms. The average molecular weight is 242 g/mol. The lowest BCUT2D eigenvalue weighted by atomic mass is 10.1. The number of hydrogen-bond donors (Lipinski definition) is 0. The van der Waals surface area contributed by atoms with Gasteiger partial charge in [-0.3, -0.25) is 0 Å². The first-order valence-electron chi connectivity index (χ1n) is 5.16. The van der Waals surface area contributed by atoms with E-state index in [-0.39, 0.29) is 0 Å². The van der Waals surface area contributed by atoms with Crippen molar-refractivity contribution in [3.05, 3.63) is 54.1 Å². The van der Waals surface area contributed by atoms with Crippen molar-refractivity contribution in [1.82, 2.24) is 15.0 Å². The van der Waals surface area contributed by atoms with Crippen LogP contribution in [0.5, 0.6) is 0 Å². The number of fused-ring (bicyclic) bond motifs is 1. The average Bonchev–Trinajstić information content (AvgIpc) is 2.39. The molecule has 82 valence electrons. The smallest absolute Gasteiger partial charge is 0.141 e. The number of aromatic nitrogens is 3. The van der Waals surface area contributed by atoms with Crippen LogP contribution in [0.4, 0.5) is 0 Å². The molecule has 2 heterocycles. The Hall–Kier alpha value is -2.00. The van der Waals surface area contributed by atoms with Crippen molar-refractivity contribution >= 4 is 22.5 Å². The molecule has 0 unspecified atom stereocenters. The monoisotopic (exact) mass is 241 g/mol. The van der Waals surface area contributed by atoms with Gasteiger partial charge in [0.05, 0.1) is 16.8 Å². The van der Waals surface area contributed by atoms with Crippen molar-refractivity contribution in [3.8, 4) is 11.3 Å². The molecule has 0 saturated carbocycles. The standard InChI is InChI=1S/C13H8ClN3/c14-13-10(7-15-8-16-13)12-6-5-9-3-1-2-4-11(9)17-12/h1-8H. The SMILES string of the molecule is Clc1ncncc1-c1ccc2ccccc2n1. The largest absolute Gasteiger partial charge is 0.248 e. The van der Waals surface area contributed by atoms with Crippen molar-refractivity contribution in [3.63, 3.8) is 0 Å². The van der Waals surface area contributed by atoms with E-state index in [9.17, 15) is 0 Å². The van der Waals surface area contributed by atoms with Gasteiger partial charge in [0, 0.05) is 11.6 Å². The predicted molar refractivity (Wildman–Crippen MR) is 67.8 cm³/mol. The molecule has 3 nitrogen and oxygen atoms in total. The van der Waals surface area contributed by atoms with E-state index in [0.717, 1.165) is 22.2 Å². The van der Waals surface area contributed by atoms with Gasteiger partial charge in [0.25, 0.3) is 0 Å². The van der Waals surface area contributed by atoms with E-state index < -0.39 is 0 Å². The normalized spacial score (nSPS) is 10.6. The van der Waals surface area contributed by atoms with Crippen molar-refractivity contribution in [1.29, 1.82) is 0 Å². The fourth-order valence-corrected chi connectivity index (χ4v) is 1.89. The molecule has 0 amide bonds. The molecule has 0 saturated heterocycles. The maximum Gasteiger partial charge on any atom is 0.141 e. The highest BCUT2D eigenvalue weighted by atomic mass is 35.5. The minimum absolute atomic E-state index is 0.419. The van der Waals surface area contributed by atoms with Crippen LogP contribution in [0.1, 0.15) is 0 Å². The molecule has 0 fully saturated rings. The van der Waals surface area contributed by atoms with Crippen LogP contribution in [-0.4, -0.2) is 15.0 Å². The van der Waals surface area contributed by atoms with Crippen molar-refractivity contribution in [2.75, 3.05) is 0 Å². The highest BCUT2D eigenvalue weighted by Gasteiger charge is 2.06. The molecule has 2 aromatic heterocycles. The fourth-order valence-electron chi connectivity index (χ4n) is 1.70. The Balaban J connectivity index is 2.22. The molecule has 0 spiro atoms. The zero-order valence-electron chi connectivity index (χ0n) is 8.84. The number of halogens is 1. The van der Waals surface area contributed by atoms with Gasteiger partial charge < -0.3 is 0 Å². The molecule has 0 aliphatic carbocycles. The molecule has 3 aromatic rings. The quantitative estimate of drug-likeness (QED) is 0.614. The third kappa shape index (κ3) is 1.85. The summed E-state index contributed by atoms with van der Waals surface area (Å²) in [7, 11) is 0. The summed E-state index contributed by atoms with van der Waals surface area (Å²) in [6, 6.07) is 11.9. The number of para-hydroxylation sites is 1. The zero-order chi connectivity index (χ0) is 11.7. The molecule has 4 heteroatoms. The zero-order valence-corrected chi connectivity index (χ0v) is 9.59. The highest BCUT2D eigenvalue weighted by molar-refractivity contribution is 6.31. The lowest BCUT2D eigenvalue weighted by Crippen LogP contribution is -1.89. The molecule has 0 atom stereocenters. The number of hydrogen-bond acceptors (Lipinski definition) is 3. The van der Waals surface area contributed by atoms with Crippen LogP contribution in [0.15, 0.2) is 48.9 Å². The second kappa shape index (κ2) is 4.11. The van der Waals surface area contributed by atoms with E-state index in [4.69, 9.17) is 11.6 Å². The van der Waals surface area contributed by atoms with Gasteiger partial charge >= 0.3 is 0 Å². The number of pyridine rings is 1. The van der Waals surface area contributed by atoms with Gasteiger partial charge in [-0.05, 0) is 12.1 Å². The Kier molecular flexibility index (Phi) is 2.46. The van der Waals surface area contributed by atoms with E-state index in [1.807, 2.05) is 36.4 Å². The Morgan fingerprint density at radius 3 is 2.76 bits per heavy atom. The summed E-state index contributed by atoms with van der Waals surface area (Å²) >= 11 is 6.02. The molecule has 1 aromatic carbocycles. The highest BCUT2D eigenvalue weighted by Crippen LogP contribution is 2.24. The summed E-state index contributed by atoms with van der Waals surface area (Å²) in [6.45, 7) is 0. The van der Waals surface area contributed by atoms with Gasteiger partial charge in [-0.15, -0.1) is 0 Å². The van der Waals surface area contributed by atoms with Crippen molar-refractivity contribution in [2.45, 2.75) is 0 Å². The minimum Gasteiger partial charge on any atom is -0.248 e. The molecule has 0 aliphatic rings. The number of nitrogens with zero attached hydrogens (tertiary/aromatic N) is 3. The first kappa shape index (κ1) is 10.2.